The van der Waals surface area contributed by atoms with Gasteiger partial charge in [-0.25, -0.2) is 9.59 Å². The number of nitrogens with zero attached hydrogens (tertiary/aromatic N) is 1. The Kier molecular flexibility index (Phi) is 7.59. The molecule has 3 aromatic rings. The highest BCUT2D eigenvalue weighted by Crippen LogP contribution is 2.31. The van der Waals surface area contributed by atoms with Gasteiger partial charge in [-0.05, 0) is 37.7 Å². The molecular weight excluding hydrogens is 362 g/mol. The van der Waals surface area contributed by atoms with E-state index in [-0.39, 0.29) is 6.10 Å². The summed E-state index contributed by atoms with van der Waals surface area (Å²) in [6.45, 7) is 0.941. The van der Waals surface area contributed by atoms with Crippen LogP contribution in [0.4, 0.5) is 0 Å². The minimum absolute atomic E-state index is 0.0804. The number of hydrogen-bond donors (Lipinski definition) is 2. The lowest BCUT2D eigenvalue weighted by molar-refractivity contribution is -0.159. The van der Waals surface area contributed by atoms with Crippen molar-refractivity contribution < 1.29 is 29.0 Å². The number of fused-ring (bicyclic) bond motifs is 1. The van der Waals surface area contributed by atoms with Gasteiger partial charge in [-0.2, -0.15) is 0 Å². The van der Waals surface area contributed by atoms with Crippen molar-refractivity contribution in [2.45, 2.75) is 12.5 Å². The van der Waals surface area contributed by atoms with Crippen LogP contribution < -0.4 is 4.74 Å². The molecule has 2 N–H and O–H groups in total. The Morgan fingerprint density at radius 3 is 2.29 bits per heavy atom. The zero-order valence-electron chi connectivity index (χ0n) is 15.7. The summed E-state index contributed by atoms with van der Waals surface area (Å²) in [5, 5.41) is 17.1. The maximum atomic E-state index is 9.10. The van der Waals surface area contributed by atoms with E-state index in [2.05, 4.69) is 37.2 Å². The number of carboxylic acids is 2. The van der Waals surface area contributed by atoms with Crippen molar-refractivity contribution in [3.63, 3.8) is 0 Å². The van der Waals surface area contributed by atoms with Gasteiger partial charge >= 0.3 is 11.9 Å². The molecule has 0 fully saturated rings. The lowest BCUT2D eigenvalue weighted by atomic mass is 10.1. The summed E-state index contributed by atoms with van der Waals surface area (Å²) < 4.78 is 11.9. The second kappa shape index (κ2) is 10.1. The molecule has 7 heteroatoms. The quantitative estimate of drug-likeness (QED) is 0.625. The molecule has 1 atom stereocenters. The van der Waals surface area contributed by atoms with Gasteiger partial charge in [0.2, 0.25) is 0 Å². The number of furan rings is 1. The summed E-state index contributed by atoms with van der Waals surface area (Å²) in [5.74, 6) is -1.88. The van der Waals surface area contributed by atoms with Crippen LogP contribution in [-0.2, 0) is 9.59 Å². The molecule has 1 unspecified atom stereocenters. The van der Waals surface area contributed by atoms with E-state index in [1.807, 2.05) is 36.4 Å². The van der Waals surface area contributed by atoms with Crippen molar-refractivity contribution in [1.82, 2.24) is 4.90 Å². The highest BCUT2D eigenvalue weighted by molar-refractivity contribution is 6.27. The third-order valence-corrected chi connectivity index (χ3v) is 3.90. The summed E-state index contributed by atoms with van der Waals surface area (Å²) in [6.07, 6.45) is 2.50. The van der Waals surface area contributed by atoms with Gasteiger partial charge in [0.05, 0.1) is 6.26 Å². The molecule has 1 aromatic heterocycles. The van der Waals surface area contributed by atoms with Crippen LogP contribution >= 0.6 is 0 Å². The molecule has 0 aliphatic carbocycles. The number of aliphatic carboxylic acids is 2. The van der Waals surface area contributed by atoms with E-state index < -0.39 is 11.9 Å². The molecule has 7 nitrogen and oxygen atoms in total. The second-order valence-corrected chi connectivity index (χ2v) is 6.30. The van der Waals surface area contributed by atoms with Gasteiger partial charge in [0.15, 0.2) is 6.10 Å². The predicted octanol–water partition coefficient (Wildman–Crippen LogP) is 3.66. The van der Waals surface area contributed by atoms with Gasteiger partial charge in [-0.1, -0.05) is 36.4 Å². The molecule has 0 saturated carbocycles. The Morgan fingerprint density at radius 1 is 1.00 bits per heavy atom. The molecule has 0 aliphatic heterocycles. The maximum absolute atomic E-state index is 9.10. The van der Waals surface area contributed by atoms with Crippen LogP contribution in [0.1, 0.15) is 18.3 Å². The largest absolute Gasteiger partial charge is 0.482 e. The topological polar surface area (TPSA) is 100 Å². The first-order chi connectivity index (χ1) is 13.4. The maximum Gasteiger partial charge on any atom is 0.414 e. The van der Waals surface area contributed by atoms with Crippen molar-refractivity contribution in [1.29, 1.82) is 0 Å². The molecule has 148 valence electrons. The predicted molar refractivity (Wildman–Crippen MR) is 104 cm³/mol. The number of ether oxygens (including phenoxy) is 1. The lowest BCUT2D eigenvalue weighted by Crippen LogP contribution is -2.18. The number of hydrogen-bond acceptors (Lipinski definition) is 5. The number of rotatable bonds is 6. The second-order valence-electron chi connectivity index (χ2n) is 6.30. The van der Waals surface area contributed by atoms with Crippen molar-refractivity contribution in [2.75, 3.05) is 20.6 Å². The van der Waals surface area contributed by atoms with Crippen LogP contribution in [-0.4, -0.2) is 47.7 Å². The van der Waals surface area contributed by atoms with Crippen molar-refractivity contribution >= 4 is 22.7 Å². The fraction of sp³-hybridized carbons (Fsp3) is 0.238. The molecule has 0 aliphatic rings. The van der Waals surface area contributed by atoms with Crippen molar-refractivity contribution in [3.05, 3.63) is 66.6 Å². The van der Waals surface area contributed by atoms with Gasteiger partial charge in [0, 0.05) is 18.4 Å². The van der Waals surface area contributed by atoms with Crippen LogP contribution in [0.3, 0.4) is 0 Å². The van der Waals surface area contributed by atoms with Crippen LogP contribution in [0.15, 0.2) is 65.3 Å². The lowest BCUT2D eigenvalue weighted by Gasteiger charge is -2.20. The first kappa shape index (κ1) is 21.0. The van der Waals surface area contributed by atoms with E-state index in [9.17, 15) is 0 Å². The SMILES string of the molecule is CN(C)CCC(Oc1cccc2ccccc12)c1ccco1.O=C(O)C(=O)O. The number of carboxylic acid groups (broad SMARTS) is 2. The van der Waals surface area contributed by atoms with E-state index >= 15 is 0 Å². The summed E-state index contributed by atoms with van der Waals surface area (Å²) in [6, 6.07) is 18.3. The molecule has 0 bridgehead atoms. The first-order valence-corrected chi connectivity index (χ1v) is 8.67. The van der Waals surface area contributed by atoms with Crippen molar-refractivity contribution in [2.24, 2.45) is 0 Å². The zero-order chi connectivity index (χ0) is 20.5. The number of carbonyl (C=O) groups is 2. The molecule has 3 rings (SSSR count). The smallest absolute Gasteiger partial charge is 0.414 e. The van der Waals surface area contributed by atoms with Gasteiger partial charge < -0.3 is 24.3 Å². The van der Waals surface area contributed by atoms with Crippen LogP contribution in [0, 0.1) is 0 Å². The Hall–Kier alpha value is -3.32. The van der Waals surface area contributed by atoms with E-state index in [0.717, 1.165) is 29.9 Å². The van der Waals surface area contributed by atoms with Crippen LogP contribution in [0.5, 0.6) is 5.75 Å². The monoisotopic (exact) mass is 385 g/mol. The zero-order valence-corrected chi connectivity index (χ0v) is 15.7. The summed E-state index contributed by atoms with van der Waals surface area (Å²) in [7, 11) is 4.13. The normalized spacial score (nSPS) is 11.5. The van der Waals surface area contributed by atoms with E-state index in [4.69, 9.17) is 29.0 Å². The molecule has 1 heterocycles. The Balaban J connectivity index is 0.000000409. The molecule has 0 spiro atoms. The third kappa shape index (κ3) is 6.14. The van der Waals surface area contributed by atoms with Gasteiger partial charge in [-0.3, -0.25) is 0 Å². The minimum atomic E-state index is -1.82. The van der Waals surface area contributed by atoms with Gasteiger partial charge in [-0.15, -0.1) is 0 Å². The Labute approximate surface area is 162 Å². The van der Waals surface area contributed by atoms with E-state index in [1.54, 1.807) is 6.26 Å². The molecular formula is C21H23NO6. The molecule has 0 amide bonds. The highest BCUT2D eigenvalue weighted by Gasteiger charge is 2.17. The van der Waals surface area contributed by atoms with Crippen LogP contribution in [0.25, 0.3) is 10.8 Å². The Bertz CT molecular complexity index is 887. The average Bonchev–Trinajstić information content (AvgIpc) is 3.20. The minimum Gasteiger partial charge on any atom is -0.482 e. The van der Waals surface area contributed by atoms with E-state index in [0.29, 0.717) is 0 Å². The summed E-state index contributed by atoms with van der Waals surface area (Å²) in [5.41, 5.74) is 0. The fourth-order valence-electron chi connectivity index (χ4n) is 2.56. The molecule has 28 heavy (non-hydrogen) atoms. The van der Waals surface area contributed by atoms with Crippen molar-refractivity contribution in [3.8, 4) is 5.75 Å². The molecule has 0 radical (unpaired) electrons. The molecule has 0 saturated heterocycles. The van der Waals surface area contributed by atoms with Crippen LogP contribution in [0.2, 0.25) is 0 Å². The van der Waals surface area contributed by atoms with E-state index in [1.165, 1.54) is 5.39 Å². The fourth-order valence-corrected chi connectivity index (χ4v) is 2.56. The first-order valence-electron chi connectivity index (χ1n) is 8.67. The average molecular weight is 385 g/mol. The summed E-state index contributed by atoms with van der Waals surface area (Å²) >= 11 is 0. The standard InChI is InChI=1S/C19H21NO2.C2H2O4/c1-20(2)13-12-19(18-11-6-14-21-18)22-17-10-5-8-15-7-3-4-9-16(15)17;3-1(4)2(5)6/h3-11,14,19H,12-13H2,1-2H3;(H,3,4)(H,5,6). The molecule has 2 aromatic carbocycles. The third-order valence-electron chi connectivity index (χ3n) is 3.90. The van der Waals surface area contributed by atoms with Gasteiger partial charge in [0.1, 0.15) is 11.5 Å². The summed E-state index contributed by atoms with van der Waals surface area (Å²) in [4.78, 5) is 20.4. The number of benzene rings is 2. The van der Waals surface area contributed by atoms with Gasteiger partial charge in [0.25, 0.3) is 0 Å². The Morgan fingerprint density at radius 2 is 1.68 bits per heavy atom. The highest BCUT2D eigenvalue weighted by atomic mass is 16.5.